The topological polar surface area (TPSA) is 82.4 Å². The smallest absolute Gasteiger partial charge is 0.251 e. The molecule has 0 bridgehead atoms. The van der Waals surface area contributed by atoms with E-state index in [0.717, 1.165) is 32.6 Å². The fourth-order valence-corrected chi connectivity index (χ4v) is 3.29. The zero-order chi connectivity index (χ0) is 17.3. The van der Waals surface area contributed by atoms with Crippen LogP contribution in [0.25, 0.3) is 10.9 Å². The van der Waals surface area contributed by atoms with Crippen LogP contribution < -0.4 is 5.56 Å². The highest BCUT2D eigenvalue weighted by Gasteiger charge is 2.29. The van der Waals surface area contributed by atoms with E-state index in [1.165, 1.54) is 11.5 Å². The number of benzene rings is 1. The second-order valence-corrected chi connectivity index (χ2v) is 7.13. The van der Waals surface area contributed by atoms with Crippen LogP contribution in [0.1, 0.15) is 35.5 Å². The zero-order valence-electron chi connectivity index (χ0n) is 13.9. The van der Waals surface area contributed by atoms with Crippen molar-refractivity contribution in [1.29, 1.82) is 5.26 Å². The first-order valence-corrected chi connectivity index (χ1v) is 8.59. The van der Waals surface area contributed by atoms with Crippen LogP contribution in [0.2, 0.25) is 0 Å². The molecule has 1 aromatic carbocycles. The molecule has 6 heteroatoms. The van der Waals surface area contributed by atoms with Crippen LogP contribution in [0.15, 0.2) is 29.1 Å². The zero-order valence-corrected chi connectivity index (χ0v) is 14.7. The normalized spacial score (nSPS) is 13.6. The molecule has 3 rings (SSSR count). The van der Waals surface area contributed by atoms with Crippen LogP contribution >= 0.6 is 11.5 Å². The molecule has 0 fully saturated rings. The van der Waals surface area contributed by atoms with E-state index in [1.54, 1.807) is 0 Å². The maximum atomic E-state index is 12.1. The molecule has 2 aromatic heterocycles. The Balaban J connectivity index is 2.08. The fourth-order valence-electron chi connectivity index (χ4n) is 2.81. The summed E-state index contributed by atoms with van der Waals surface area (Å²) in [6.45, 7) is 5.81. The van der Waals surface area contributed by atoms with Gasteiger partial charge in [-0.3, -0.25) is 4.79 Å². The number of aromatic amines is 1. The number of aryl methyl sites for hydroxylation is 2. The van der Waals surface area contributed by atoms with Crippen molar-refractivity contribution in [3.8, 4) is 6.07 Å². The molecular weight excluding hydrogens is 320 g/mol. The molecule has 1 N–H and O–H groups in total. The van der Waals surface area contributed by atoms with E-state index in [0.29, 0.717) is 12.8 Å². The molecule has 24 heavy (non-hydrogen) atoms. The number of fused-ring (bicyclic) bond motifs is 1. The highest BCUT2D eigenvalue weighted by Crippen LogP contribution is 2.30. The van der Waals surface area contributed by atoms with Gasteiger partial charge >= 0.3 is 0 Å². The molecule has 122 valence electrons. The summed E-state index contributed by atoms with van der Waals surface area (Å²) in [6, 6.07) is 10.1. The van der Waals surface area contributed by atoms with Gasteiger partial charge in [-0.05, 0) is 54.9 Å². The lowest BCUT2D eigenvalue weighted by Crippen LogP contribution is -2.23. The van der Waals surface area contributed by atoms with Gasteiger partial charge in [0.2, 0.25) is 0 Å². The van der Waals surface area contributed by atoms with E-state index < -0.39 is 5.41 Å². The van der Waals surface area contributed by atoms with Crippen molar-refractivity contribution in [3.63, 3.8) is 0 Å². The second kappa shape index (κ2) is 6.17. The summed E-state index contributed by atoms with van der Waals surface area (Å²) < 4.78 is 3.95. The van der Waals surface area contributed by atoms with Crippen LogP contribution in [0.5, 0.6) is 0 Å². The van der Waals surface area contributed by atoms with E-state index in [-0.39, 0.29) is 5.56 Å². The first kappa shape index (κ1) is 16.3. The Bertz CT molecular complexity index is 998. The summed E-state index contributed by atoms with van der Waals surface area (Å²) in [6.07, 6.45) is 1.19. The summed E-state index contributed by atoms with van der Waals surface area (Å²) in [5.41, 5.74) is 2.44. The number of nitrogens with one attached hydrogen (secondary N) is 1. The van der Waals surface area contributed by atoms with Crippen LogP contribution in [-0.4, -0.2) is 14.6 Å². The number of rotatable bonds is 4. The molecule has 2 heterocycles. The third kappa shape index (κ3) is 2.83. The molecule has 0 radical (unpaired) electrons. The van der Waals surface area contributed by atoms with Crippen molar-refractivity contribution in [2.24, 2.45) is 0 Å². The number of nitrogens with zero attached hydrogens (tertiary/aromatic N) is 3. The first-order chi connectivity index (χ1) is 11.5. The highest BCUT2D eigenvalue weighted by molar-refractivity contribution is 7.05. The average Bonchev–Trinajstić information content (AvgIpc) is 2.98. The summed E-state index contributed by atoms with van der Waals surface area (Å²) >= 11 is 1.34. The Labute approximate surface area is 144 Å². The Morgan fingerprint density at radius 2 is 2.17 bits per heavy atom. The maximum Gasteiger partial charge on any atom is 0.251 e. The van der Waals surface area contributed by atoms with Gasteiger partial charge in [0.05, 0.1) is 17.2 Å². The molecule has 0 saturated carbocycles. The van der Waals surface area contributed by atoms with Gasteiger partial charge in [0.1, 0.15) is 0 Å². The van der Waals surface area contributed by atoms with E-state index in [4.69, 9.17) is 0 Å². The fraction of sp³-hybridized carbons (Fsp3) is 0.333. The van der Waals surface area contributed by atoms with Gasteiger partial charge < -0.3 is 4.98 Å². The van der Waals surface area contributed by atoms with Gasteiger partial charge in [0, 0.05) is 22.4 Å². The van der Waals surface area contributed by atoms with Crippen molar-refractivity contribution >= 4 is 22.4 Å². The van der Waals surface area contributed by atoms with Gasteiger partial charge in [-0.2, -0.15) is 5.26 Å². The summed E-state index contributed by atoms with van der Waals surface area (Å²) in [5, 5.41) is 14.9. The predicted octanol–water partition coefficient (Wildman–Crippen LogP) is 3.27. The predicted molar refractivity (Wildman–Crippen MR) is 95.3 cm³/mol. The number of H-pyrrole nitrogens is 1. The van der Waals surface area contributed by atoms with E-state index >= 15 is 0 Å². The Hall–Kier alpha value is -2.52. The summed E-state index contributed by atoms with van der Waals surface area (Å²) in [7, 11) is 0. The van der Waals surface area contributed by atoms with Crippen molar-refractivity contribution in [2.75, 3.05) is 0 Å². The third-order valence-corrected chi connectivity index (χ3v) is 5.13. The van der Waals surface area contributed by atoms with E-state index in [9.17, 15) is 10.1 Å². The maximum absolute atomic E-state index is 12.1. The van der Waals surface area contributed by atoms with Gasteiger partial charge in [0.15, 0.2) is 0 Å². The Kier molecular flexibility index (Phi) is 4.20. The van der Waals surface area contributed by atoms with Crippen molar-refractivity contribution in [1.82, 2.24) is 14.6 Å². The average molecular weight is 338 g/mol. The molecule has 0 aliphatic rings. The summed E-state index contributed by atoms with van der Waals surface area (Å²) in [5.74, 6) is 0. The number of aromatic nitrogens is 3. The molecule has 0 amide bonds. The lowest BCUT2D eigenvalue weighted by molar-refractivity contribution is 0.594. The van der Waals surface area contributed by atoms with E-state index in [1.807, 2.05) is 45.0 Å². The lowest BCUT2D eigenvalue weighted by atomic mass is 9.79. The van der Waals surface area contributed by atoms with Crippen molar-refractivity contribution < 1.29 is 0 Å². The molecule has 0 aliphatic carbocycles. The van der Waals surface area contributed by atoms with Crippen molar-refractivity contribution in [2.45, 2.75) is 39.0 Å². The number of nitriles is 1. The largest absolute Gasteiger partial charge is 0.322 e. The lowest BCUT2D eigenvalue weighted by Gasteiger charge is -2.21. The van der Waals surface area contributed by atoms with Gasteiger partial charge in [0.25, 0.3) is 5.56 Å². The second-order valence-electron chi connectivity index (χ2n) is 6.18. The van der Waals surface area contributed by atoms with Gasteiger partial charge in [-0.25, -0.2) is 0 Å². The quantitative estimate of drug-likeness (QED) is 0.791. The molecule has 0 saturated heterocycles. The molecule has 1 unspecified atom stereocenters. The molecule has 3 aromatic rings. The SMILES string of the molecule is CCc1cc2ccc(C(C)(C#N)Cc3nnsc3C)cc2[nH]c1=O. The minimum atomic E-state index is -0.727. The number of hydrogen-bond donors (Lipinski definition) is 1. The number of pyridine rings is 1. The highest BCUT2D eigenvalue weighted by atomic mass is 32.1. The van der Waals surface area contributed by atoms with Crippen LogP contribution in [0, 0.1) is 18.3 Å². The van der Waals surface area contributed by atoms with Crippen molar-refractivity contribution in [3.05, 3.63) is 56.3 Å². The monoisotopic (exact) mass is 338 g/mol. The third-order valence-electron chi connectivity index (χ3n) is 4.45. The molecular formula is C18H18N4OS. The van der Waals surface area contributed by atoms with Gasteiger partial charge in [-0.1, -0.05) is 23.5 Å². The van der Waals surface area contributed by atoms with Crippen LogP contribution in [0.4, 0.5) is 0 Å². The Morgan fingerprint density at radius 1 is 1.38 bits per heavy atom. The molecule has 0 aliphatic heterocycles. The molecule has 1 atom stereocenters. The van der Waals surface area contributed by atoms with Gasteiger partial charge in [-0.15, -0.1) is 5.10 Å². The first-order valence-electron chi connectivity index (χ1n) is 7.82. The minimum Gasteiger partial charge on any atom is -0.322 e. The molecule has 0 spiro atoms. The minimum absolute atomic E-state index is 0.0691. The van der Waals surface area contributed by atoms with Crippen LogP contribution in [-0.2, 0) is 18.3 Å². The van der Waals surface area contributed by atoms with Crippen LogP contribution in [0.3, 0.4) is 0 Å². The van der Waals surface area contributed by atoms with E-state index in [2.05, 4.69) is 20.6 Å². The number of hydrogen-bond acceptors (Lipinski definition) is 5. The molecule has 5 nitrogen and oxygen atoms in total. The summed E-state index contributed by atoms with van der Waals surface area (Å²) in [4.78, 5) is 16.0. The standard InChI is InChI=1S/C18H18N4OS/c1-4-12-7-13-5-6-14(8-15(13)20-17(12)23)18(3,10-19)9-16-11(2)24-22-21-16/h5-8H,4,9H2,1-3H3,(H,20,23). The Morgan fingerprint density at radius 3 is 2.79 bits per heavy atom.